The lowest BCUT2D eigenvalue weighted by Crippen LogP contribution is -2.67. The quantitative estimate of drug-likeness (QED) is 0.296. The maximum atomic E-state index is 11.5. The Bertz CT molecular complexity index is 1190. The fourth-order valence-electron chi connectivity index (χ4n) is 13.5. The molecule has 0 aromatic carbocycles. The number of carbonyl (C=O) groups excluding carboxylic acids is 1. The van der Waals surface area contributed by atoms with Gasteiger partial charge >= 0.3 is 0 Å². The summed E-state index contributed by atoms with van der Waals surface area (Å²) >= 11 is 2.12. The Kier molecular flexibility index (Phi) is 8.16. The van der Waals surface area contributed by atoms with Crippen molar-refractivity contribution >= 4 is 18.0 Å². The minimum atomic E-state index is -1.16. The van der Waals surface area contributed by atoms with Crippen molar-refractivity contribution in [3.63, 3.8) is 0 Å². The molecule has 4 saturated carbocycles. The van der Waals surface area contributed by atoms with Crippen molar-refractivity contribution < 1.29 is 9.90 Å². The third kappa shape index (κ3) is 4.73. The Morgan fingerprint density at radius 3 is 2.41 bits per heavy atom. The Morgan fingerprint density at radius 1 is 0.886 bits per heavy atom. The molecule has 1 aliphatic heterocycles. The number of allylic oxidation sites excluding steroid dienone is 3. The van der Waals surface area contributed by atoms with Crippen molar-refractivity contribution in [1.82, 2.24) is 10.2 Å². The minimum Gasteiger partial charge on any atom is -0.382 e. The normalized spacial score (nSPS) is 48.7. The van der Waals surface area contributed by atoms with Crippen LogP contribution in [-0.2, 0) is 4.79 Å². The van der Waals surface area contributed by atoms with Crippen molar-refractivity contribution in [1.29, 1.82) is 0 Å². The van der Waals surface area contributed by atoms with Gasteiger partial charge in [0.25, 0.3) is 0 Å². The van der Waals surface area contributed by atoms with Crippen LogP contribution >= 0.6 is 11.8 Å². The lowest BCUT2D eigenvalue weighted by Gasteiger charge is -2.72. The van der Waals surface area contributed by atoms with Gasteiger partial charge in [0.15, 0.2) is 6.29 Å². The predicted octanol–water partition coefficient (Wildman–Crippen LogP) is 7.81. The molecule has 0 aromatic rings. The monoisotopic (exact) mass is 622 g/mol. The smallest absolute Gasteiger partial charge is 0.151 e. The van der Waals surface area contributed by atoms with Crippen LogP contribution in [0.25, 0.3) is 0 Å². The summed E-state index contributed by atoms with van der Waals surface area (Å²) in [6.07, 6.45) is 21.3. The molecule has 5 heteroatoms. The second-order valence-electron chi connectivity index (χ2n) is 17.9. The zero-order valence-electron chi connectivity index (χ0n) is 28.7. The number of carbonyl (C=O) groups is 1. The number of rotatable bonds is 6. The predicted molar refractivity (Wildman–Crippen MR) is 184 cm³/mol. The van der Waals surface area contributed by atoms with Gasteiger partial charge in [0.05, 0.1) is 0 Å². The van der Waals surface area contributed by atoms with Crippen LogP contribution in [0.2, 0.25) is 0 Å². The van der Waals surface area contributed by atoms with Crippen molar-refractivity contribution in [2.75, 3.05) is 37.7 Å². The van der Waals surface area contributed by atoms with Crippen LogP contribution in [0.4, 0.5) is 0 Å². The van der Waals surface area contributed by atoms with Crippen LogP contribution in [0.5, 0.6) is 0 Å². The van der Waals surface area contributed by atoms with E-state index in [0.717, 1.165) is 30.5 Å². The SMILES string of the molecule is CC1(C)C(C2=CCC(O)(C=O)CC2)=CCC2(C)C1CCC1(C)C2CCC2[C@H]3CCCC3(NCCN3CCSCC3)CC[C@]21C. The molecule has 0 spiro atoms. The number of hydrogen-bond donors (Lipinski definition) is 2. The molecule has 6 aliphatic carbocycles. The molecule has 5 fully saturated rings. The van der Waals surface area contributed by atoms with Crippen molar-refractivity contribution in [3.8, 4) is 0 Å². The number of aldehydes is 1. The lowest BCUT2D eigenvalue weighted by molar-refractivity contribution is -0.218. The maximum Gasteiger partial charge on any atom is 0.151 e. The number of nitrogens with one attached hydrogen (secondary N) is 1. The van der Waals surface area contributed by atoms with Crippen LogP contribution < -0.4 is 5.32 Å². The second-order valence-corrected chi connectivity index (χ2v) is 19.1. The van der Waals surface area contributed by atoms with E-state index in [1.807, 2.05) is 0 Å². The van der Waals surface area contributed by atoms with Crippen LogP contribution in [0.15, 0.2) is 23.3 Å². The van der Waals surface area contributed by atoms with E-state index in [0.29, 0.717) is 40.5 Å². The molecule has 4 nitrogen and oxygen atoms in total. The topological polar surface area (TPSA) is 52.6 Å². The highest BCUT2D eigenvalue weighted by Gasteiger charge is 2.69. The van der Waals surface area contributed by atoms with E-state index in [4.69, 9.17) is 0 Å². The molecule has 2 N–H and O–H groups in total. The third-order valence-electron chi connectivity index (χ3n) is 16.0. The summed E-state index contributed by atoms with van der Waals surface area (Å²) in [6.45, 7) is 18.3. The molecular formula is C39H62N2O2S. The Labute approximate surface area is 273 Å². The minimum absolute atomic E-state index is 0.124. The highest BCUT2D eigenvalue weighted by Crippen LogP contribution is 2.76. The first-order chi connectivity index (χ1) is 20.9. The molecule has 7 rings (SSSR count). The fraction of sp³-hybridized carbons (Fsp3) is 0.872. The molecular weight excluding hydrogens is 561 g/mol. The van der Waals surface area contributed by atoms with Gasteiger partial charge in [-0.05, 0) is 127 Å². The molecule has 7 aliphatic rings. The average Bonchev–Trinajstić information content (AvgIpc) is 3.43. The first-order valence-corrected chi connectivity index (χ1v) is 19.7. The second kappa shape index (κ2) is 11.2. The van der Waals surface area contributed by atoms with E-state index >= 15 is 0 Å². The standard InChI is InChI=1S/C39H62N2O2S/c1-34(2)29(28-10-17-38(43,27-42)18-11-28)12-15-35(3)32(34)13-16-37(5)33(35)9-8-30-31-7-6-14-39(31,20-19-36(30,37)4)40-21-22-41-23-25-44-26-24-41/h10,12,27,30-33,40,43H,6-9,11,13-26H2,1-5H3/t30?,31-,32?,33?,35?,36-,37?,38?,39?/m1/s1. The van der Waals surface area contributed by atoms with Gasteiger partial charge in [0.1, 0.15) is 5.60 Å². The molecule has 0 bridgehead atoms. The Morgan fingerprint density at radius 2 is 1.68 bits per heavy atom. The first kappa shape index (κ1) is 32.0. The maximum absolute atomic E-state index is 11.5. The molecule has 0 amide bonds. The third-order valence-corrected chi connectivity index (χ3v) is 17.0. The van der Waals surface area contributed by atoms with Crippen molar-refractivity contribution in [2.24, 2.45) is 45.3 Å². The summed E-state index contributed by atoms with van der Waals surface area (Å²) in [5.41, 5.74) is 3.48. The van der Waals surface area contributed by atoms with Crippen molar-refractivity contribution in [3.05, 3.63) is 23.3 Å². The molecule has 1 saturated heterocycles. The molecule has 44 heavy (non-hydrogen) atoms. The van der Waals surface area contributed by atoms with E-state index in [2.05, 4.69) is 68.7 Å². The number of fused-ring (bicyclic) bond motifs is 7. The summed E-state index contributed by atoms with van der Waals surface area (Å²) in [5, 5.41) is 14.9. The first-order valence-electron chi connectivity index (χ1n) is 18.5. The van der Waals surface area contributed by atoms with E-state index in [1.54, 1.807) is 0 Å². The molecule has 246 valence electrons. The van der Waals surface area contributed by atoms with Gasteiger partial charge in [-0.1, -0.05) is 53.2 Å². The van der Waals surface area contributed by atoms with Gasteiger partial charge in [-0.15, -0.1) is 0 Å². The van der Waals surface area contributed by atoms with E-state index in [-0.39, 0.29) is 5.41 Å². The average molecular weight is 623 g/mol. The van der Waals surface area contributed by atoms with E-state index < -0.39 is 5.60 Å². The number of nitrogens with zero attached hydrogens (tertiary/aromatic N) is 1. The van der Waals surface area contributed by atoms with Gasteiger partial charge in [0.2, 0.25) is 0 Å². The number of hydrogen-bond acceptors (Lipinski definition) is 5. The van der Waals surface area contributed by atoms with E-state index in [9.17, 15) is 9.90 Å². The van der Waals surface area contributed by atoms with Gasteiger partial charge < -0.3 is 20.1 Å². The highest BCUT2D eigenvalue weighted by atomic mass is 32.2. The molecule has 1 heterocycles. The van der Waals surface area contributed by atoms with E-state index in [1.165, 1.54) is 113 Å². The molecule has 0 aromatic heterocycles. The molecule has 7 unspecified atom stereocenters. The van der Waals surface area contributed by atoms with Crippen LogP contribution in [0.3, 0.4) is 0 Å². The molecule has 0 radical (unpaired) electrons. The fourth-order valence-corrected chi connectivity index (χ4v) is 14.5. The zero-order valence-corrected chi connectivity index (χ0v) is 29.5. The lowest BCUT2D eigenvalue weighted by atomic mass is 9.33. The number of thioether (sulfide) groups is 1. The van der Waals surface area contributed by atoms with Crippen LogP contribution in [0, 0.1) is 45.3 Å². The number of aliphatic hydroxyl groups is 1. The largest absolute Gasteiger partial charge is 0.382 e. The van der Waals surface area contributed by atoms with Crippen molar-refractivity contribution in [2.45, 2.75) is 129 Å². The van der Waals surface area contributed by atoms with Crippen LogP contribution in [-0.4, -0.2) is 65.1 Å². The summed E-state index contributed by atoms with van der Waals surface area (Å²) in [6, 6.07) is 0. The molecule has 9 atom stereocenters. The summed E-state index contributed by atoms with van der Waals surface area (Å²) in [4.78, 5) is 14.2. The summed E-state index contributed by atoms with van der Waals surface area (Å²) in [5.74, 6) is 5.82. The highest BCUT2D eigenvalue weighted by molar-refractivity contribution is 7.99. The summed E-state index contributed by atoms with van der Waals surface area (Å²) < 4.78 is 0. The van der Waals surface area contributed by atoms with Gasteiger partial charge in [-0.25, -0.2) is 0 Å². The van der Waals surface area contributed by atoms with Gasteiger partial charge in [-0.2, -0.15) is 11.8 Å². The Balaban J connectivity index is 1.11. The van der Waals surface area contributed by atoms with Gasteiger partial charge in [-0.3, -0.25) is 0 Å². The van der Waals surface area contributed by atoms with Crippen LogP contribution in [0.1, 0.15) is 118 Å². The summed E-state index contributed by atoms with van der Waals surface area (Å²) in [7, 11) is 0. The van der Waals surface area contributed by atoms with Gasteiger partial charge in [0, 0.05) is 49.6 Å². The Hall–Kier alpha value is -0.620. The zero-order chi connectivity index (χ0) is 31.0.